The number of benzene rings is 1. The van der Waals surface area contributed by atoms with Gasteiger partial charge in [0.1, 0.15) is 0 Å². The fourth-order valence-electron chi connectivity index (χ4n) is 3.20. The van der Waals surface area contributed by atoms with Crippen molar-refractivity contribution in [3.05, 3.63) is 53.9 Å². The van der Waals surface area contributed by atoms with Gasteiger partial charge in [0, 0.05) is 48.8 Å². The Labute approximate surface area is 147 Å². The first-order valence-corrected chi connectivity index (χ1v) is 8.53. The maximum atomic E-state index is 5.42. The Hall–Kier alpha value is -2.89. The lowest BCUT2D eigenvalue weighted by atomic mass is 10.2. The molecular formula is C19H21N5O. The summed E-state index contributed by atoms with van der Waals surface area (Å²) >= 11 is 0. The summed E-state index contributed by atoms with van der Waals surface area (Å²) in [5, 5.41) is 4.15. The van der Waals surface area contributed by atoms with E-state index in [2.05, 4.69) is 37.1 Å². The van der Waals surface area contributed by atoms with E-state index in [1.54, 1.807) is 0 Å². The molecule has 0 unspecified atom stereocenters. The molecule has 0 radical (unpaired) electrons. The fraction of sp³-hybridized carbons (Fsp3) is 0.316. The van der Waals surface area contributed by atoms with Gasteiger partial charge in [0.05, 0.1) is 0 Å². The van der Waals surface area contributed by atoms with Crippen molar-refractivity contribution in [3.8, 4) is 11.5 Å². The van der Waals surface area contributed by atoms with Gasteiger partial charge in [-0.1, -0.05) is 18.2 Å². The summed E-state index contributed by atoms with van der Waals surface area (Å²) in [6.07, 6.45) is 0. The number of aromatic nitrogens is 3. The SMILES string of the molecule is Cc1cc(N2CCN(c3noc(-c4ccccc4)n3)CC2)cc(C)n1. The molecule has 6 nitrogen and oxygen atoms in total. The number of anilines is 2. The predicted molar refractivity (Wildman–Crippen MR) is 97.9 cm³/mol. The Kier molecular flexibility index (Phi) is 4.09. The summed E-state index contributed by atoms with van der Waals surface area (Å²) in [4.78, 5) is 13.6. The molecule has 1 fully saturated rings. The van der Waals surface area contributed by atoms with Crippen LogP contribution in [-0.4, -0.2) is 41.3 Å². The van der Waals surface area contributed by atoms with Gasteiger partial charge in [-0.3, -0.25) is 4.98 Å². The van der Waals surface area contributed by atoms with Gasteiger partial charge in [-0.25, -0.2) is 0 Å². The van der Waals surface area contributed by atoms with E-state index in [1.807, 2.05) is 44.2 Å². The molecule has 1 aliphatic rings. The molecule has 0 spiro atoms. The van der Waals surface area contributed by atoms with E-state index >= 15 is 0 Å². The zero-order chi connectivity index (χ0) is 17.2. The topological polar surface area (TPSA) is 58.3 Å². The molecule has 2 aromatic heterocycles. The monoisotopic (exact) mass is 335 g/mol. The molecule has 128 valence electrons. The van der Waals surface area contributed by atoms with Crippen LogP contribution in [0, 0.1) is 13.8 Å². The van der Waals surface area contributed by atoms with Crippen molar-refractivity contribution in [2.24, 2.45) is 0 Å². The smallest absolute Gasteiger partial charge is 0.266 e. The highest BCUT2D eigenvalue weighted by Gasteiger charge is 2.22. The minimum Gasteiger partial charge on any atom is -0.368 e. The van der Waals surface area contributed by atoms with Crippen molar-refractivity contribution in [2.75, 3.05) is 36.0 Å². The van der Waals surface area contributed by atoms with Gasteiger partial charge in [-0.2, -0.15) is 4.98 Å². The number of aryl methyl sites for hydroxylation is 2. The normalized spacial score (nSPS) is 14.8. The van der Waals surface area contributed by atoms with Crippen LogP contribution in [0.25, 0.3) is 11.5 Å². The molecule has 0 atom stereocenters. The minimum absolute atomic E-state index is 0.568. The predicted octanol–water partition coefficient (Wildman–Crippen LogP) is 3.08. The Balaban J connectivity index is 1.45. The highest BCUT2D eigenvalue weighted by Crippen LogP contribution is 2.23. The third kappa shape index (κ3) is 3.33. The van der Waals surface area contributed by atoms with Crippen LogP contribution >= 0.6 is 0 Å². The number of hydrogen-bond acceptors (Lipinski definition) is 6. The second kappa shape index (κ2) is 6.55. The quantitative estimate of drug-likeness (QED) is 0.733. The molecule has 0 aliphatic carbocycles. The van der Waals surface area contributed by atoms with E-state index < -0.39 is 0 Å². The average molecular weight is 335 g/mol. The van der Waals surface area contributed by atoms with Crippen LogP contribution in [0.15, 0.2) is 47.0 Å². The van der Waals surface area contributed by atoms with E-state index in [0.717, 1.165) is 43.1 Å². The second-order valence-electron chi connectivity index (χ2n) is 6.35. The number of piperazine rings is 1. The first-order valence-electron chi connectivity index (χ1n) is 8.53. The molecule has 0 amide bonds. The van der Waals surface area contributed by atoms with Crippen LogP contribution in [0.4, 0.5) is 11.6 Å². The summed E-state index contributed by atoms with van der Waals surface area (Å²) < 4.78 is 5.42. The van der Waals surface area contributed by atoms with Crippen molar-refractivity contribution in [1.82, 2.24) is 15.1 Å². The van der Waals surface area contributed by atoms with Crippen molar-refractivity contribution < 1.29 is 4.52 Å². The van der Waals surface area contributed by atoms with E-state index in [4.69, 9.17) is 4.52 Å². The zero-order valence-corrected chi connectivity index (χ0v) is 14.5. The maximum absolute atomic E-state index is 5.42. The maximum Gasteiger partial charge on any atom is 0.266 e. The highest BCUT2D eigenvalue weighted by atomic mass is 16.5. The average Bonchev–Trinajstić information content (AvgIpc) is 3.12. The standard InChI is InChI=1S/C19H21N5O/c1-14-12-17(13-15(2)20-14)23-8-10-24(11-9-23)19-21-18(25-22-19)16-6-4-3-5-7-16/h3-7,12-13H,8-11H2,1-2H3. The van der Waals surface area contributed by atoms with E-state index in [9.17, 15) is 0 Å². The van der Waals surface area contributed by atoms with Gasteiger partial charge < -0.3 is 14.3 Å². The van der Waals surface area contributed by atoms with Gasteiger partial charge >= 0.3 is 0 Å². The van der Waals surface area contributed by atoms with Crippen LogP contribution in [-0.2, 0) is 0 Å². The van der Waals surface area contributed by atoms with Gasteiger partial charge in [-0.15, -0.1) is 0 Å². The largest absolute Gasteiger partial charge is 0.368 e. The molecule has 1 aromatic carbocycles. The minimum atomic E-state index is 0.568. The van der Waals surface area contributed by atoms with Gasteiger partial charge in [0.2, 0.25) is 0 Å². The van der Waals surface area contributed by atoms with Crippen molar-refractivity contribution >= 4 is 11.6 Å². The van der Waals surface area contributed by atoms with E-state index in [1.165, 1.54) is 5.69 Å². The van der Waals surface area contributed by atoms with Crippen LogP contribution in [0.2, 0.25) is 0 Å². The molecule has 3 aromatic rings. The van der Waals surface area contributed by atoms with Crippen LogP contribution in [0.5, 0.6) is 0 Å². The lowest BCUT2D eigenvalue weighted by molar-refractivity contribution is 0.428. The Morgan fingerprint density at radius 3 is 2.16 bits per heavy atom. The van der Waals surface area contributed by atoms with Crippen molar-refractivity contribution in [1.29, 1.82) is 0 Å². The van der Waals surface area contributed by atoms with Gasteiger partial charge in [-0.05, 0) is 43.3 Å². The van der Waals surface area contributed by atoms with Crippen LogP contribution in [0.3, 0.4) is 0 Å². The number of nitrogens with zero attached hydrogens (tertiary/aromatic N) is 5. The molecule has 4 rings (SSSR count). The van der Waals surface area contributed by atoms with Gasteiger partial charge in [0.25, 0.3) is 11.8 Å². The van der Waals surface area contributed by atoms with E-state index in [-0.39, 0.29) is 0 Å². The van der Waals surface area contributed by atoms with Crippen molar-refractivity contribution in [3.63, 3.8) is 0 Å². The van der Waals surface area contributed by atoms with E-state index in [0.29, 0.717) is 11.8 Å². The first kappa shape index (κ1) is 15.6. The molecule has 6 heteroatoms. The molecule has 1 aliphatic heterocycles. The summed E-state index contributed by atoms with van der Waals surface area (Å²) in [6.45, 7) is 7.67. The third-order valence-electron chi connectivity index (χ3n) is 4.43. The molecule has 3 heterocycles. The summed E-state index contributed by atoms with van der Waals surface area (Å²) in [7, 11) is 0. The zero-order valence-electron chi connectivity index (χ0n) is 14.5. The molecule has 0 N–H and O–H groups in total. The Morgan fingerprint density at radius 2 is 1.48 bits per heavy atom. The van der Waals surface area contributed by atoms with Crippen LogP contribution in [0.1, 0.15) is 11.4 Å². The molecule has 1 saturated heterocycles. The second-order valence-corrected chi connectivity index (χ2v) is 6.35. The van der Waals surface area contributed by atoms with Crippen LogP contribution < -0.4 is 9.80 Å². The molecular weight excluding hydrogens is 314 g/mol. The molecule has 25 heavy (non-hydrogen) atoms. The molecule has 0 bridgehead atoms. The number of rotatable bonds is 3. The summed E-state index contributed by atoms with van der Waals surface area (Å²) in [5.41, 5.74) is 4.30. The fourth-order valence-corrected chi connectivity index (χ4v) is 3.20. The lowest BCUT2D eigenvalue weighted by Crippen LogP contribution is -2.47. The molecule has 0 saturated carbocycles. The third-order valence-corrected chi connectivity index (χ3v) is 4.43. The summed E-state index contributed by atoms with van der Waals surface area (Å²) in [5.74, 6) is 1.24. The summed E-state index contributed by atoms with van der Waals surface area (Å²) in [6, 6.07) is 14.2. The number of pyridine rings is 1. The van der Waals surface area contributed by atoms with Gasteiger partial charge in [0.15, 0.2) is 0 Å². The first-order chi connectivity index (χ1) is 12.2. The Bertz CT molecular complexity index is 833. The number of hydrogen-bond donors (Lipinski definition) is 0. The highest BCUT2D eigenvalue weighted by molar-refractivity contribution is 5.55. The van der Waals surface area contributed by atoms with Crippen molar-refractivity contribution in [2.45, 2.75) is 13.8 Å². The Morgan fingerprint density at radius 1 is 0.840 bits per heavy atom. The lowest BCUT2D eigenvalue weighted by Gasteiger charge is -2.35.